The zero-order valence-corrected chi connectivity index (χ0v) is 85.5. The van der Waals surface area contributed by atoms with E-state index in [2.05, 4.69) is 183 Å². The highest BCUT2D eigenvalue weighted by atomic mass is 32.1. The number of amides is 6. The second-order valence-electron chi connectivity index (χ2n) is 38.9. The topological polar surface area (TPSA) is 414 Å². The van der Waals surface area contributed by atoms with Crippen LogP contribution in [0.25, 0.3) is 95.8 Å². The number of hydrogen-bond acceptors (Lipinski definition) is 28. The monoisotopic (exact) mass is 2030 g/mol. The van der Waals surface area contributed by atoms with Crippen molar-refractivity contribution >= 4 is 158 Å². The average Bonchev–Trinajstić information content (AvgIpc) is 1.64. The number of nitrogens with zero attached hydrogens (tertiary/aromatic N) is 16. The van der Waals surface area contributed by atoms with Crippen molar-refractivity contribution in [3.63, 3.8) is 0 Å². The van der Waals surface area contributed by atoms with Crippen molar-refractivity contribution in [2.45, 2.75) is 185 Å². The van der Waals surface area contributed by atoms with Gasteiger partial charge in [-0.05, 0) is 246 Å². The van der Waals surface area contributed by atoms with Gasteiger partial charge in [0.1, 0.15) is 23.3 Å². The first-order valence-electron chi connectivity index (χ1n) is 50.2. The zero-order chi connectivity index (χ0) is 100. The number of thiophene rings is 4. The van der Waals surface area contributed by atoms with Crippen molar-refractivity contribution in [3.05, 3.63) is 214 Å². The molecule has 0 aromatic carbocycles. The first-order chi connectivity index (χ1) is 70.3. The molecule has 0 spiro atoms. The van der Waals surface area contributed by atoms with E-state index in [0.29, 0.717) is 115 Å². The molecule has 145 heavy (non-hydrogen) atoms. The van der Waals surface area contributed by atoms with Crippen LogP contribution in [-0.4, -0.2) is 252 Å². The lowest BCUT2D eigenvalue weighted by atomic mass is 10.1. The number of anilines is 4. The Labute approximate surface area is 854 Å². The first kappa shape index (κ1) is 98.7. The van der Waals surface area contributed by atoms with Gasteiger partial charge >= 0.3 is 5.69 Å². The number of carbonyl (C=O) groups is 6. The van der Waals surface area contributed by atoms with Crippen LogP contribution in [0.1, 0.15) is 192 Å². The molecular formula is C105H122N28O8S4. The van der Waals surface area contributed by atoms with E-state index in [1.807, 2.05) is 97.0 Å². The van der Waals surface area contributed by atoms with E-state index in [1.165, 1.54) is 51.7 Å². The van der Waals surface area contributed by atoms with Crippen LogP contribution >= 0.6 is 45.3 Å². The predicted octanol–water partition coefficient (Wildman–Crippen LogP) is 12.7. The van der Waals surface area contributed by atoms with E-state index in [9.17, 15) is 33.6 Å². The largest absolute Gasteiger partial charge is 0.379 e. The fraction of sp³-hybridized carbons (Fsp3) is 0.400. The number of ether oxygens (including phenoxy) is 1. The number of fused-ring (bicyclic) bond motifs is 4. The van der Waals surface area contributed by atoms with Gasteiger partial charge in [0, 0.05) is 137 Å². The molecule has 36 nitrogen and oxygen atoms in total. The Morgan fingerprint density at radius 1 is 0.497 bits per heavy atom. The lowest BCUT2D eigenvalue weighted by Gasteiger charge is -2.29. The van der Waals surface area contributed by atoms with Crippen molar-refractivity contribution in [2.75, 3.05) is 107 Å². The van der Waals surface area contributed by atoms with Gasteiger partial charge < -0.3 is 82.6 Å². The van der Waals surface area contributed by atoms with Gasteiger partial charge in [-0.15, -0.1) is 45.3 Å². The highest BCUT2D eigenvalue weighted by Gasteiger charge is 2.33. The van der Waals surface area contributed by atoms with Crippen LogP contribution in [0, 0.1) is 0 Å². The van der Waals surface area contributed by atoms with E-state index >= 15 is 0 Å². The summed E-state index contributed by atoms with van der Waals surface area (Å²) in [5.74, 6) is 3.24. The Morgan fingerprint density at radius 3 is 1.30 bits per heavy atom. The van der Waals surface area contributed by atoms with E-state index in [0.717, 1.165) is 266 Å². The minimum Gasteiger partial charge on any atom is -0.379 e. The smallest absolute Gasteiger partial charge is 0.323 e. The first-order valence-corrected chi connectivity index (χ1v) is 53.5. The van der Waals surface area contributed by atoms with Gasteiger partial charge in [-0.1, -0.05) is 40.2 Å². The van der Waals surface area contributed by atoms with Crippen LogP contribution in [0.5, 0.6) is 0 Å². The third kappa shape index (κ3) is 24.1. The molecule has 13 aromatic rings. The molecule has 10 aliphatic rings. The molecule has 13 aromatic heterocycles. The number of piperidine rings is 1. The van der Waals surface area contributed by atoms with Crippen LogP contribution in [0.2, 0.25) is 0 Å². The molecule has 12 N–H and O–H groups in total. The highest BCUT2D eigenvalue weighted by Crippen LogP contribution is 2.40. The number of imidazole rings is 1. The molecule has 23 rings (SSSR count). The number of aromatic nitrogens is 14. The summed E-state index contributed by atoms with van der Waals surface area (Å²) in [6, 6.07) is 26.6. The zero-order valence-electron chi connectivity index (χ0n) is 82.2. The summed E-state index contributed by atoms with van der Waals surface area (Å²) >= 11 is 6.11. The number of nitrogens with one attached hydrogen (secondary N) is 12. The maximum Gasteiger partial charge on any atom is 0.323 e. The molecule has 10 fully saturated rings. The quantitative estimate of drug-likeness (QED) is 0.0186. The minimum absolute atomic E-state index is 0.0232. The standard InChI is InChI=1S/C29H37N7O2S.C27H31N7O2S.C26H29N7O2S.C23H25N7O2S/c1-5-35(6-2)13-7-8-18(3)31-29(38)25-12-11-24(39-25)23-16-26(33-22-9-10-22)36-28(34-23)21(17-30-36)14-20-15-27(37)32-19(20)4;1-16-17(13-25(35)30-16)12-18-15-29-34-24(31-19-5-6-19)14-21(32-26(18)34)22-7-8-23(37-22)27(36)28-10-9-20-4-3-11-33(20)2;1-15-16(12-24(34)28-15)11-17-14-27-33-23(29-18-3-4-18)13-20(31-25(17)33)21-5-6-22(36-21)26(35)30-19-7-9-32(2)10-8-19;1-14-18(28-23(31)25-14)10-15-12-24-30-21(26-16-2-3-16)11-19(27-22(15)30)20-5-4-17(33-20)13-29-6-8-32-9-7-29/h11-12,14,16-18,22,33H,4-10,13,15H2,1-3H3,(H,31,38)(H,32,37);7-8,12,14-15,19-20,31H,1,3-6,9-11,13H2,2H3,(H,28,36)(H,30,35);5-6,11,13-14,18-19,29H,1,3-4,7-10,12H2,2H3,(H,28,34)(H,30,35);4-5,10-12,16,26H,1-3,6-9,13H2,(H2,25,28,31)/b20-14+;17-12+;16-11+;18-10-. The molecule has 0 radical (unpaired) electrons. The highest BCUT2D eigenvalue weighted by molar-refractivity contribution is 7.18. The molecule has 0 bridgehead atoms. The number of rotatable bonds is 32. The van der Waals surface area contributed by atoms with Crippen molar-refractivity contribution in [1.82, 2.24) is 120 Å². The summed E-state index contributed by atoms with van der Waals surface area (Å²) in [5.41, 5.74) is 13.4. The molecule has 19 heterocycles. The molecular weight excluding hydrogens is 1910 g/mol. The summed E-state index contributed by atoms with van der Waals surface area (Å²) in [5, 5.41) is 51.4. The van der Waals surface area contributed by atoms with Crippen molar-refractivity contribution < 1.29 is 33.5 Å². The van der Waals surface area contributed by atoms with Gasteiger partial charge in [0.15, 0.2) is 22.6 Å². The van der Waals surface area contributed by atoms with E-state index < -0.39 is 0 Å². The molecule has 4 saturated carbocycles. The number of morpholine rings is 1. The summed E-state index contributed by atoms with van der Waals surface area (Å²) in [7, 11) is 4.27. The Kier molecular flexibility index (Phi) is 29.7. The van der Waals surface area contributed by atoms with Crippen LogP contribution in [0.15, 0.2) is 156 Å². The van der Waals surface area contributed by atoms with Gasteiger partial charge in [0.25, 0.3) is 17.7 Å². The van der Waals surface area contributed by atoms with Crippen LogP contribution in [0.3, 0.4) is 0 Å². The maximum atomic E-state index is 13.0. The third-order valence-electron chi connectivity index (χ3n) is 27.4. The number of H-pyrrole nitrogens is 2. The maximum absolute atomic E-state index is 13.0. The Morgan fingerprint density at radius 2 is 0.910 bits per heavy atom. The molecule has 6 saturated heterocycles. The molecule has 40 heteroatoms. The summed E-state index contributed by atoms with van der Waals surface area (Å²) in [6.07, 6.45) is 32.1. The Hall–Kier alpha value is -13.7. The average molecular weight is 2030 g/mol. The van der Waals surface area contributed by atoms with Crippen LogP contribution in [-0.2, 0) is 25.7 Å². The van der Waals surface area contributed by atoms with Crippen LogP contribution < -0.4 is 69.6 Å². The van der Waals surface area contributed by atoms with Gasteiger partial charge in [-0.25, -0.2) is 24.7 Å². The number of carbonyl (C=O) groups excluding carboxylic acids is 6. The fourth-order valence-corrected chi connectivity index (χ4v) is 22.1. The predicted molar refractivity (Wildman–Crippen MR) is 572 cm³/mol. The van der Waals surface area contributed by atoms with Gasteiger partial charge in [0.05, 0.1) is 125 Å². The van der Waals surface area contributed by atoms with Gasteiger partial charge in [0.2, 0.25) is 17.7 Å². The van der Waals surface area contributed by atoms with Crippen molar-refractivity contribution in [2.24, 2.45) is 0 Å². The molecule has 2 atom stereocenters. The van der Waals surface area contributed by atoms with Crippen molar-refractivity contribution in [1.29, 1.82) is 0 Å². The number of aromatic amines is 2. The molecule has 754 valence electrons. The third-order valence-corrected chi connectivity index (χ3v) is 31.9. The SMILES string of the molecule is C=C1NC(=O)C/C1=C\c1cnn2c(NC3CC3)cc(-c3ccc(C(=O)NC(C)CCCN(CC)CC)s3)nc12.C=C1NC(=O)C/C1=C\c1cnn2c(NC3CC3)cc(-c3ccc(C(=O)NC4CCN(C)CC4)s3)nc12.C=C1NC(=O)C/C1=C\c1cnn2c(NC3CC3)cc(-c3ccc(C(=O)NCCC4CCCN4C)s3)nc12.C=c1[nH]c(=O)[nH]/c1=C\c1cnn2c(NC3CC3)cc(-c3ccc(CN4CCOCC4)s3)nc12. The van der Waals surface area contributed by atoms with E-state index in [1.54, 1.807) is 36.1 Å². The minimum atomic E-state index is -0.279. The van der Waals surface area contributed by atoms with Gasteiger partial charge in [-0.2, -0.15) is 38.5 Å². The molecule has 4 aliphatic carbocycles. The van der Waals surface area contributed by atoms with Crippen LogP contribution in [0.4, 0.5) is 23.3 Å². The normalized spacial score (nSPS) is 19.1. The second kappa shape index (κ2) is 43.7. The summed E-state index contributed by atoms with van der Waals surface area (Å²) in [6.45, 7) is 33.6. The number of hydrogen-bond donors (Lipinski definition) is 12. The van der Waals surface area contributed by atoms with E-state index in [4.69, 9.17) is 24.7 Å². The Balaban J connectivity index is 0.000000118. The van der Waals surface area contributed by atoms with Gasteiger partial charge in [-0.3, -0.25) is 33.7 Å². The molecule has 2 unspecified atom stereocenters. The second-order valence-corrected chi connectivity index (χ2v) is 43.3. The number of allylic oxidation sites excluding steroid dienone is 3. The summed E-state index contributed by atoms with van der Waals surface area (Å²) < 4.78 is 12.7. The van der Waals surface area contributed by atoms with E-state index in [-0.39, 0.29) is 53.2 Å². The fourth-order valence-electron chi connectivity index (χ4n) is 18.5. The molecule has 6 amide bonds. The van der Waals surface area contributed by atoms with Crippen molar-refractivity contribution in [3.8, 4) is 42.3 Å². The lowest BCUT2D eigenvalue weighted by Crippen LogP contribution is -2.43. The Bertz CT molecular complexity index is 7420. The lowest BCUT2D eigenvalue weighted by molar-refractivity contribution is -0.119. The molecule has 6 aliphatic heterocycles. The number of likely N-dealkylation sites (tertiary alicyclic amines) is 2. The summed E-state index contributed by atoms with van der Waals surface area (Å²) in [4.78, 5) is 128.